The third-order valence-electron chi connectivity index (χ3n) is 3.52. The summed E-state index contributed by atoms with van der Waals surface area (Å²) < 4.78 is 0. The summed E-state index contributed by atoms with van der Waals surface area (Å²) in [7, 11) is 0. The molecule has 1 aliphatic heterocycles. The topological polar surface area (TPSA) is 37.4 Å². The number of thiophene rings is 1. The van der Waals surface area contributed by atoms with Gasteiger partial charge in [0.25, 0.3) is 11.8 Å². The molecule has 0 fully saturated rings. The second-order valence-electron chi connectivity index (χ2n) is 5.58. The fourth-order valence-electron chi connectivity index (χ4n) is 2.53. The number of imide groups is 1. The largest absolute Gasteiger partial charge is 0.272 e. The van der Waals surface area contributed by atoms with Gasteiger partial charge in [-0.3, -0.25) is 9.59 Å². The first kappa shape index (κ1) is 16.0. The van der Waals surface area contributed by atoms with Gasteiger partial charge in [-0.1, -0.05) is 38.1 Å². The lowest BCUT2D eigenvalue weighted by Crippen LogP contribution is -2.31. The summed E-state index contributed by atoms with van der Waals surface area (Å²) in [5.41, 5.74) is 2.11. The van der Waals surface area contributed by atoms with E-state index in [1.807, 2.05) is 62.5 Å². The molecular weight excluding hydrogens is 326 g/mol. The summed E-state index contributed by atoms with van der Waals surface area (Å²) in [6, 6.07) is 11.3. The monoisotopic (exact) mass is 343 g/mol. The van der Waals surface area contributed by atoms with Gasteiger partial charge in [0, 0.05) is 10.1 Å². The molecule has 3 rings (SSSR count). The minimum absolute atomic E-state index is 0.216. The number of hydrogen-bond donors (Lipinski definition) is 0. The van der Waals surface area contributed by atoms with Crippen LogP contribution in [0.1, 0.15) is 24.3 Å². The molecule has 0 N–H and O–H groups in total. The predicted molar refractivity (Wildman–Crippen MR) is 97.6 cm³/mol. The normalized spacial score (nSPS) is 15.2. The van der Waals surface area contributed by atoms with Gasteiger partial charge in [0.15, 0.2) is 0 Å². The minimum Gasteiger partial charge on any atom is -0.268 e. The molecule has 1 aliphatic rings. The van der Waals surface area contributed by atoms with E-state index in [-0.39, 0.29) is 17.1 Å². The number of amides is 2. The number of carbonyl (C=O) groups excluding carboxylic acids is 2. The molecule has 0 unspecified atom stereocenters. The molecule has 2 amide bonds. The molecule has 0 spiro atoms. The molecule has 3 nitrogen and oxygen atoms in total. The Morgan fingerprint density at radius 3 is 2.39 bits per heavy atom. The van der Waals surface area contributed by atoms with Crippen LogP contribution in [0, 0.1) is 6.92 Å². The van der Waals surface area contributed by atoms with Gasteiger partial charge in [0.1, 0.15) is 0 Å². The van der Waals surface area contributed by atoms with Crippen LogP contribution in [-0.2, 0) is 9.59 Å². The summed E-state index contributed by atoms with van der Waals surface area (Å²) in [5, 5.41) is 2.15. The fraction of sp³-hybridized carbons (Fsp3) is 0.222. The molecular formula is C18H17NO2S2. The Morgan fingerprint density at radius 2 is 1.78 bits per heavy atom. The molecule has 2 heterocycles. The van der Waals surface area contributed by atoms with Crippen LogP contribution in [0.2, 0.25) is 0 Å². The third kappa shape index (κ3) is 2.86. The lowest BCUT2D eigenvalue weighted by atomic mass is 10.1. The molecule has 2 aromatic rings. The number of benzene rings is 1. The maximum absolute atomic E-state index is 13.0. The van der Waals surface area contributed by atoms with E-state index in [9.17, 15) is 9.59 Å². The predicted octanol–water partition coefficient (Wildman–Crippen LogP) is 4.48. The van der Waals surface area contributed by atoms with Crippen LogP contribution in [-0.4, -0.2) is 17.1 Å². The van der Waals surface area contributed by atoms with Gasteiger partial charge in [-0.05, 0) is 30.0 Å². The Labute approximate surface area is 144 Å². The smallest absolute Gasteiger partial charge is 0.268 e. The Balaban J connectivity index is 2.11. The Hall–Kier alpha value is -1.85. The summed E-state index contributed by atoms with van der Waals surface area (Å²) in [4.78, 5) is 28.7. The van der Waals surface area contributed by atoms with Crippen LogP contribution in [0.4, 0.5) is 5.69 Å². The zero-order valence-corrected chi connectivity index (χ0v) is 14.8. The number of thioether (sulfide) groups is 1. The van der Waals surface area contributed by atoms with Gasteiger partial charge < -0.3 is 0 Å². The number of hydrogen-bond acceptors (Lipinski definition) is 4. The average Bonchev–Trinajstić information content (AvgIpc) is 3.08. The Morgan fingerprint density at radius 1 is 1.04 bits per heavy atom. The lowest BCUT2D eigenvalue weighted by molar-refractivity contribution is -0.119. The summed E-state index contributed by atoms with van der Waals surface area (Å²) in [5.74, 6) is -0.443. The number of anilines is 1. The standard InChI is InChI=1S/C18H17NO2S2/c1-11(2)23-16-15(14-9-6-10-22-14)17(20)19(18(16)21)13-8-5-4-7-12(13)3/h4-11H,1-3H3. The van der Waals surface area contributed by atoms with Crippen molar-refractivity contribution in [2.45, 2.75) is 26.0 Å². The van der Waals surface area contributed by atoms with Crippen molar-refractivity contribution >= 4 is 46.2 Å². The van der Waals surface area contributed by atoms with E-state index in [1.54, 1.807) is 0 Å². The second-order valence-corrected chi connectivity index (χ2v) is 8.11. The van der Waals surface area contributed by atoms with Crippen molar-refractivity contribution in [3.63, 3.8) is 0 Å². The van der Waals surface area contributed by atoms with Gasteiger partial charge in [0.2, 0.25) is 0 Å². The van der Waals surface area contributed by atoms with Crippen LogP contribution < -0.4 is 4.90 Å². The number of rotatable bonds is 4. The van der Waals surface area contributed by atoms with Crippen LogP contribution in [0.3, 0.4) is 0 Å². The SMILES string of the molecule is Cc1ccccc1N1C(=O)C(SC(C)C)=C(c2cccs2)C1=O. The minimum atomic E-state index is -0.227. The number of aryl methyl sites for hydroxylation is 1. The maximum Gasteiger partial charge on any atom is 0.272 e. The van der Waals surface area contributed by atoms with Crippen molar-refractivity contribution in [2.75, 3.05) is 4.90 Å². The highest BCUT2D eigenvalue weighted by atomic mass is 32.2. The van der Waals surface area contributed by atoms with Crippen LogP contribution in [0.15, 0.2) is 46.7 Å². The zero-order valence-electron chi connectivity index (χ0n) is 13.2. The zero-order chi connectivity index (χ0) is 16.6. The molecule has 0 atom stereocenters. The van der Waals surface area contributed by atoms with E-state index in [1.165, 1.54) is 28.0 Å². The maximum atomic E-state index is 13.0. The van der Waals surface area contributed by atoms with E-state index in [0.717, 1.165) is 10.4 Å². The number of para-hydroxylation sites is 1. The van der Waals surface area contributed by atoms with E-state index in [4.69, 9.17) is 0 Å². The molecule has 0 radical (unpaired) electrons. The highest BCUT2D eigenvalue weighted by molar-refractivity contribution is 8.04. The first-order valence-electron chi connectivity index (χ1n) is 7.40. The van der Waals surface area contributed by atoms with Gasteiger partial charge in [-0.25, -0.2) is 4.90 Å². The first-order valence-corrected chi connectivity index (χ1v) is 9.16. The first-order chi connectivity index (χ1) is 11.0. The van der Waals surface area contributed by atoms with Crippen LogP contribution in [0.5, 0.6) is 0 Å². The molecule has 0 bridgehead atoms. The average molecular weight is 343 g/mol. The quantitative estimate of drug-likeness (QED) is 0.768. The fourth-order valence-corrected chi connectivity index (χ4v) is 4.34. The number of nitrogens with zero attached hydrogens (tertiary/aromatic N) is 1. The van der Waals surface area contributed by atoms with E-state index >= 15 is 0 Å². The molecule has 118 valence electrons. The number of carbonyl (C=O) groups is 2. The molecule has 1 aromatic carbocycles. The van der Waals surface area contributed by atoms with Crippen molar-refractivity contribution < 1.29 is 9.59 Å². The van der Waals surface area contributed by atoms with Crippen molar-refractivity contribution in [3.05, 3.63) is 57.1 Å². The van der Waals surface area contributed by atoms with Crippen molar-refractivity contribution in [2.24, 2.45) is 0 Å². The summed E-state index contributed by atoms with van der Waals surface area (Å²) in [6.07, 6.45) is 0. The Kier molecular flexibility index (Phi) is 4.41. The molecule has 23 heavy (non-hydrogen) atoms. The molecule has 0 saturated carbocycles. The van der Waals surface area contributed by atoms with Gasteiger partial charge in [-0.2, -0.15) is 0 Å². The highest BCUT2D eigenvalue weighted by Crippen LogP contribution is 2.41. The molecule has 5 heteroatoms. The van der Waals surface area contributed by atoms with Gasteiger partial charge >= 0.3 is 0 Å². The molecule has 1 aromatic heterocycles. The van der Waals surface area contributed by atoms with Crippen molar-refractivity contribution in [1.82, 2.24) is 0 Å². The van der Waals surface area contributed by atoms with Gasteiger partial charge in [0.05, 0.1) is 16.2 Å². The Bertz CT molecular complexity index is 791. The van der Waals surface area contributed by atoms with Crippen molar-refractivity contribution in [3.8, 4) is 0 Å². The molecule has 0 saturated heterocycles. The van der Waals surface area contributed by atoms with E-state index in [0.29, 0.717) is 16.2 Å². The lowest BCUT2D eigenvalue weighted by Gasteiger charge is -2.17. The van der Waals surface area contributed by atoms with E-state index in [2.05, 4.69) is 0 Å². The third-order valence-corrected chi connectivity index (χ3v) is 5.49. The second kappa shape index (κ2) is 6.34. The summed E-state index contributed by atoms with van der Waals surface area (Å²) >= 11 is 2.95. The van der Waals surface area contributed by atoms with Crippen LogP contribution in [0.25, 0.3) is 5.57 Å². The van der Waals surface area contributed by atoms with Gasteiger partial charge in [-0.15, -0.1) is 23.1 Å². The van der Waals surface area contributed by atoms with Crippen molar-refractivity contribution in [1.29, 1.82) is 0 Å². The molecule has 0 aliphatic carbocycles. The summed E-state index contributed by atoms with van der Waals surface area (Å²) in [6.45, 7) is 5.96. The van der Waals surface area contributed by atoms with Crippen LogP contribution >= 0.6 is 23.1 Å². The highest BCUT2D eigenvalue weighted by Gasteiger charge is 2.41. The van der Waals surface area contributed by atoms with E-state index < -0.39 is 0 Å².